The van der Waals surface area contributed by atoms with Crippen molar-refractivity contribution in [2.45, 2.75) is 6.42 Å². The van der Waals surface area contributed by atoms with Gasteiger partial charge in [-0.25, -0.2) is 8.78 Å². The van der Waals surface area contributed by atoms with Gasteiger partial charge in [0.05, 0.1) is 0 Å². The van der Waals surface area contributed by atoms with Crippen LogP contribution in [-0.2, 0) is 6.42 Å². The Bertz CT molecular complexity index is 649. The number of piperazine rings is 1. The second-order valence-corrected chi connectivity index (χ2v) is 5.83. The molecule has 3 rings (SSSR count). The monoisotopic (exact) mass is 302 g/mol. The van der Waals surface area contributed by atoms with Gasteiger partial charge in [0.1, 0.15) is 11.6 Å². The van der Waals surface area contributed by atoms with E-state index in [1.54, 1.807) is 0 Å². The summed E-state index contributed by atoms with van der Waals surface area (Å²) in [6, 6.07) is 11.9. The molecule has 0 atom stereocenters. The summed E-state index contributed by atoms with van der Waals surface area (Å²) in [5.74, 6) is -1.01. The van der Waals surface area contributed by atoms with Crippen molar-refractivity contribution in [3.63, 3.8) is 0 Å². The molecule has 116 valence electrons. The highest BCUT2D eigenvalue weighted by molar-refractivity contribution is 5.55. The van der Waals surface area contributed by atoms with Crippen molar-refractivity contribution in [2.24, 2.45) is 0 Å². The Morgan fingerprint density at radius 1 is 0.909 bits per heavy atom. The van der Waals surface area contributed by atoms with Crippen molar-refractivity contribution in [1.82, 2.24) is 4.90 Å². The zero-order chi connectivity index (χ0) is 15.5. The van der Waals surface area contributed by atoms with Gasteiger partial charge in [-0.3, -0.25) is 0 Å². The van der Waals surface area contributed by atoms with Crippen LogP contribution >= 0.6 is 0 Å². The first-order valence-corrected chi connectivity index (χ1v) is 7.59. The van der Waals surface area contributed by atoms with Crippen molar-refractivity contribution in [3.05, 3.63) is 65.2 Å². The lowest BCUT2D eigenvalue weighted by Crippen LogP contribution is -2.44. The number of rotatable bonds is 3. The molecule has 0 unspecified atom stereocenters. The van der Waals surface area contributed by atoms with E-state index in [1.165, 1.54) is 12.1 Å². The summed E-state index contributed by atoms with van der Waals surface area (Å²) in [4.78, 5) is 4.65. The average Bonchev–Trinajstić information content (AvgIpc) is 2.51. The number of para-hydroxylation sites is 1. The molecule has 2 aromatic rings. The maximum Gasteiger partial charge on any atom is 0.129 e. The number of hydrogen-bond donors (Lipinski definition) is 0. The van der Waals surface area contributed by atoms with Gasteiger partial charge in [-0.15, -0.1) is 0 Å². The first-order valence-electron chi connectivity index (χ1n) is 7.59. The lowest BCUT2D eigenvalue weighted by Gasteiger charge is -2.35. The Hall–Kier alpha value is -1.94. The van der Waals surface area contributed by atoms with Crippen molar-refractivity contribution < 1.29 is 8.78 Å². The molecule has 0 aliphatic carbocycles. The van der Waals surface area contributed by atoms with Crippen LogP contribution in [0.4, 0.5) is 14.5 Å². The van der Waals surface area contributed by atoms with Crippen LogP contribution < -0.4 is 4.90 Å². The molecule has 1 fully saturated rings. The van der Waals surface area contributed by atoms with Crippen molar-refractivity contribution >= 4 is 5.69 Å². The van der Waals surface area contributed by atoms with Gasteiger partial charge < -0.3 is 9.80 Å². The molecule has 1 aliphatic heterocycles. The zero-order valence-electron chi connectivity index (χ0n) is 12.7. The molecule has 0 N–H and O–H groups in total. The Morgan fingerprint density at radius 2 is 1.64 bits per heavy atom. The third-order valence-corrected chi connectivity index (χ3v) is 4.23. The SMILES string of the molecule is CN1CCN(c2ccccc2Cc2ccc(F)cc2F)CC1. The fourth-order valence-corrected chi connectivity index (χ4v) is 2.89. The molecule has 4 heteroatoms. The summed E-state index contributed by atoms with van der Waals surface area (Å²) < 4.78 is 26.9. The van der Waals surface area contributed by atoms with Crippen LogP contribution in [0.2, 0.25) is 0 Å². The maximum atomic E-state index is 13.9. The minimum absolute atomic E-state index is 0.479. The first-order chi connectivity index (χ1) is 10.6. The first kappa shape index (κ1) is 15.0. The lowest BCUT2D eigenvalue weighted by molar-refractivity contribution is 0.312. The van der Waals surface area contributed by atoms with Crippen LogP contribution in [0.25, 0.3) is 0 Å². The van der Waals surface area contributed by atoms with E-state index in [9.17, 15) is 8.78 Å². The van der Waals surface area contributed by atoms with Gasteiger partial charge in [0.2, 0.25) is 0 Å². The summed E-state index contributed by atoms with van der Waals surface area (Å²) in [6.07, 6.45) is 0.481. The quantitative estimate of drug-likeness (QED) is 0.858. The lowest BCUT2D eigenvalue weighted by atomic mass is 10.0. The molecule has 1 aliphatic rings. The average molecular weight is 302 g/mol. The second kappa shape index (κ2) is 6.44. The molecule has 0 amide bonds. The number of anilines is 1. The van der Waals surface area contributed by atoms with Crippen LogP contribution in [0.15, 0.2) is 42.5 Å². The normalized spacial score (nSPS) is 16.0. The predicted octanol–water partition coefficient (Wildman–Crippen LogP) is 3.31. The molecule has 1 heterocycles. The second-order valence-electron chi connectivity index (χ2n) is 5.83. The minimum atomic E-state index is -0.534. The van der Waals surface area contributed by atoms with Crippen LogP contribution in [-0.4, -0.2) is 38.1 Å². The van der Waals surface area contributed by atoms with Crippen molar-refractivity contribution in [2.75, 3.05) is 38.1 Å². The molecular formula is C18H20F2N2. The predicted molar refractivity (Wildman–Crippen MR) is 85.3 cm³/mol. The van der Waals surface area contributed by atoms with E-state index in [2.05, 4.69) is 22.9 Å². The summed E-state index contributed by atoms with van der Waals surface area (Å²) in [6.45, 7) is 4.00. The molecule has 0 radical (unpaired) electrons. The van der Waals surface area contributed by atoms with Gasteiger partial charge in [-0.2, -0.15) is 0 Å². The summed E-state index contributed by atoms with van der Waals surface area (Å²) in [5, 5.41) is 0. The fraction of sp³-hybridized carbons (Fsp3) is 0.333. The van der Waals surface area contributed by atoms with Gasteiger partial charge >= 0.3 is 0 Å². The van der Waals surface area contributed by atoms with Gasteiger partial charge in [0.25, 0.3) is 0 Å². The third kappa shape index (κ3) is 3.28. The van der Waals surface area contributed by atoms with Crippen LogP contribution in [0.3, 0.4) is 0 Å². The number of likely N-dealkylation sites (N-methyl/N-ethyl adjacent to an activating group) is 1. The zero-order valence-corrected chi connectivity index (χ0v) is 12.7. The molecule has 0 bridgehead atoms. The summed E-state index contributed by atoms with van der Waals surface area (Å²) >= 11 is 0. The molecule has 0 aromatic heterocycles. The maximum absolute atomic E-state index is 13.9. The van der Waals surface area contributed by atoms with Crippen LogP contribution in [0.5, 0.6) is 0 Å². The van der Waals surface area contributed by atoms with Gasteiger partial charge in [-0.1, -0.05) is 24.3 Å². The topological polar surface area (TPSA) is 6.48 Å². The number of benzene rings is 2. The van der Waals surface area contributed by atoms with E-state index in [0.717, 1.165) is 43.5 Å². The Labute approximate surface area is 130 Å². The van der Waals surface area contributed by atoms with Crippen molar-refractivity contribution in [3.8, 4) is 0 Å². The van der Waals surface area contributed by atoms with Gasteiger partial charge in [0.15, 0.2) is 0 Å². The fourth-order valence-electron chi connectivity index (χ4n) is 2.89. The Balaban J connectivity index is 1.85. The smallest absolute Gasteiger partial charge is 0.129 e. The van der Waals surface area contributed by atoms with Crippen LogP contribution in [0.1, 0.15) is 11.1 Å². The van der Waals surface area contributed by atoms with E-state index in [1.807, 2.05) is 18.2 Å². The highest BCUT2D eigenvalue weighted by Crippen LogP contribution is 2.25. The Kier molecular flexibility index (Phi) is 4.39. The van der Waals surface area contributed by atoms with Gasteiger partial charge in [-0.05, 0) is 30.3 Å². The standard InChI is InChI=1S/C18H20F2N2/c1-21-8-10-22(11-9-21)18-5-3-2-4-15(18)12-14-6-7-16(19)13-17(14)20/h2-7,13H,8-12H2,1H3. The van der Waals surface area contributed by atoms with E-state index in [-0.39, 0.29) is 0 Å². The van der Waals surface area contributed by atoms with Gasteiger partial charge in [0, 0.05) is 44.4 Å². The summed E-state index contributed by atoms with van der Waals surface area (Å²) in [5.41, 5.74) is 2.76. The molecule has 0 spiro atoms. The number of halogens is 2. The molecule has 2 nitrogen and oxygen atoms in total. The van der Waals surface area contributed by atoms with E-state index in [4.69, 9.17) is 0 Å². The molecular weight excluding hydrogens is 282 g/mol. The Morgan fingerprint density at radius 3 is 2.36 bits per heavy atom. The summed E-state index contributed by atoms with van der Waals surface area (Å²) in [7, 11) is 2.12. The number of hydrogen-bond acceptors (Lipinski definition) is 2. The largest absolute Gasteiger partial charge is 0.369 e. The molecule has 1 saturated heterocycles. The minimum Gasteiger partial charge on any atom is -0.369 e. The molecule has 2 aromatic carbocycles. The van der Waals surface area contributed by atoms with E-state index < -0.39 is 11.6 Å². The third-order valence-electron chi connectivity index (χ3n) is 4.23. The number of nitrogens with zero attached hydrogens (tertiary/aromatic N) is 2. The van der Waals surface area contributed by atoms with E-state index in [0.29, 0.717) is 12.0 Å². The van der Waals surface area contributed by atoms with E-state index >= 15 is 0 Å². The molecule has 0 saturated carbocycles. The molecule has 22 heavy (non-hydrogen) atoms. The van der Waals surface area contributed by atoms with Crippen molar-refractivity contribution in [1.29, 1.82) is 0 Å². The van der Waals surface area contributed by atoms with Crippen LogP contribution in [0, 0.1) is 11.6 Å². The highest BCUT2D eigenvalue weighted by Gasteiger charge is 2.17. The highest BCUT2D eigenvalue weighted by atomic mass is 19.1.